The fourth-order valence-corrected chi connectivity index (χ4v) is 1.58. The molecule has 1 heteroatoms. The van der Waals surface area contributed by atoms with Crippen molar-refractivity contribution in [3.63, 3.8) is 0 Å². The summed E-state index contributed by atoms with van der Waals surface area (Å²) < 4.78 is 0. The quantitative estimate of drug-likeness (QED) is 0.696. The second-order valence-electron chi connectivity index (χ2n) is 7.05. The van der Waals surface area contributed by atoms with Crippen molar-refractivity contribution in [2.24, 2.45) is 11.3 Å². The topological polar surface area (TPSA) is 12.0 Å². The Morgan fingerprint density at radius 2 is 1.53 bits per heavy atom. The molecule has 0 saturated heterocycles. The first kappa shape index (κ1) is 15.0. The highest BCUT2D eigenvalue weighted by Crippen LogP contribution is 2.24. The van der Waals surface area contributed by atoms with Gasteiger partial charge in [0.2, 0.25) is 0 Å². The highest BCUT2D eigenvalue weighted by atomic mass is 14.9. The van der Waals surface area contributed by atoms with Gasteiger partial charge in [-0.3, -0.25) is 0 Å². The predicted molar refractivity (Wildman–Crippen MR) is 70.2 cm³/mol. The van der Waals surface area contributed by atoms with E-state index in [-0.39, 0.29) is 5.54 Å². The molecule has 0 radical (unpaired) electrons. The van der Waals surface area contributed by atoms with Crippen molar-refractivity contribution < 1.29 is 0 Å². The Balaban J connectivity index is 3.77. The molecule has 15 heavy (non-hydrogen) atoms. The summed E-state index contributed by atoms with van der Waals surface area (Å²) in [5.41, 5.74) is 0.678. The van der Waals surface area contributed by atoms with Crippen molar-refractivity contribution in [1.82, 2.24) is 5.32 Å². The lowest BCUT2D eigenvalue weighted by atomic mass is 9.85. The minimum Gasteiger partial charge on any atom is -0.312 e. The van der Waals surface area contributed by atoms with Gasteiger partial charge in [-0.15, -0.1) is 0 Å². The van der Waals surface area contributed by atoms with Crippen LogP contribution in [0.3, 0.4) is 0 Å². The molecule has 0 aromatic rings. The molecule has 0 aliphatic heterocycles. The maximum absolute atomic E-state index is 3.60. The Morgan fingerprint density at radius 1 is 1.00 bits per heavy atom. The van der Waals surface area contributed by atoms with E-state index >= 15 is 0 Å². The van der Waals surface area contributed by atoms with Crippen molar-refractivity contribution in [2.75, 3.05) is 6.54 Å². The number of nitrogens with one attached hydrogen (secondary N) is 1. The summed E-state index contributed by atoms with van der Waals surface area (Å²) in [7, 11) is 0. The lowest BCUT2D eigenvalue weighted by molar-refractivity contribution is 0.261. The van der Waals surface area contributed by atoms with Crippen LogP contribution in [0.5, 0.6) is 0 Å². The molecule has 0 aromatic heterocycles. The summed E-state index contributed by atoms with van der Waals surface area (Å²) in [5, 5.41) is 3.60. The summed E-state index contributed by atoms with van der Waals surface area (Å²) in [6.45, 7) is 17.2. The number of hydrogen-bond donors (Lipinski definition) is 1. The molecule has 0 aliphatic rings. The Morgan fingerprint density at radius 3 is 1.93 bits per heavy atom. The van der Waals surface area contributed by atoms with E-state index in [4.69, 9.17) is 0 Å². The van der Waals surface area contributed by atoms with Crippen molar-refractivity contribution in [2.45, 2.75) is 73.3 Å². The third kappa shape index (κ3) is 10.2. The van der Waals surface area contributed by atoms with E-state index in [0.29, 0.717) is 5.41 Å². The van der Waals surface area contributed by atoms with Gasteiger partial charge in [0.25, 0.3) is 0 Å². The van der Waals surface area contributed by atoms with Crippen LogP contribution in [-0.2, 0) is 0 Å². The highest BCUT2D eigenvalue weighted by molar-refractivity contribution is 4.78. The molecule has 1 N–H and O–H groups in total. The summed E-state index contributed by atoms with van der Waals surface area (Å²) >= 11 is 0. The van der Waals surface area contributed by atoms with E-state index in [2.05, 4.69) is 53.8 Å². The van der Waals surface area contributed by atoms with Crippen LogP contribution in [0.15, 0.2) is 0 Å². The van der Waals surface area contributed by atoms with Crippen molar-refractivity contribution >= 4 is 0 Å². The molecule has 0 rings (SSSR count). The maximum Gasteiger partial charge on any atom is 0.00967 e. The zero-order chi connectivity index (χ0) is 12.1. The summed E-state index contributed by atoms with van der Waals surface area (Å²) in [6, 6.07) is 0. The lowest BCUT2D eigenvalue weighted by Gasteiger charge is -2.30. The van der Waals surface area contributed by atoms with Gasteiger partial charge in [-0.2, -0.15) is 0 Å². The zero-order valence-corrected chi connectivity index (χ0v) is 11.9. The molecule has 0 unspecified atom stereocenters. The first-order chi connectivity index (χ1) is 6.62. The van der Waals surface area contributed by atoms with Crippen molar-refractivity contribution in [3.8, 4) is 0 Å². The molecule has 0 aliphatic carbocycles. The van der Waals surface area contributed by atoms with Gasteiger partial charge in [0.1, 0.15) is 0 Å². The van der Waals surface area contributed by atoms with Gasteiger partial charge in [0.15, 0.2) is 0 Å². The van der Waals surface area contributed by atoms with E-state index in [1.165, 1.54) is 19.3 Å². The minimum atomic E-state index is 0.245. The molecule has 92 valence electrons. The van der Waals surface area contributed by atoms with Crippen LogP contribution in [0.25, 0.3) is 0 Å². The number of hydrogen-bond acceptors (Lipinski definition) is 1. The van der Waals surface area contributed by atoms with E-state index < -0.39 is 0 Å². The molecule has 0 fully saturated rings. The molecule has 0 heterocycles. The smallest absolute Gasteiger partial charge is 0.00967 e. The lowest BCUT2D eigenvalue weighted by Crippen LogP contribution is -2.41. The molecular weight excluding hydrogens is 182 g/mol. The van der Waals surface area contributed by atoms with E-state index in [9.17, 15) is 0 Å². The minimum absolute atomic E-state index is 0.245. The van der Waals surface area contributed by atoms with Crippen LogP contribution in [-0.4, -0.2) is 12.1 Å². The van der Waals surface area contributed by atoms with Gasteiger partial charge in [0, 0.05) is 12.1 Å². The molecule has 0 amide bonds. The van der Waals surface area contributed by atoms with Gasteiger partial charge in [-0.05, 0) is 38.5 Å². The van der Waals surface area contributed by atoms with Crippen LogP contribution < -0.4 is 5.32 Å². The summed E-state index contributed by atoms with van der Waals surface area (Å²) in [6.07, 6.45) is 4.05. The molecule has 0 saturated carbocycles. The second-order valence-corrected chi connectivity index (χ2v) is 7.05. The van der Waals surface area contributed by atoms with Crippen molar-refractivity contribution in [1.29, 1.82) is 0 Å². The average Bonchev–Trinajstić information content (AvgIpc) is 1.99. The monoisotopic (exact) mass is 213 g/mol. The number of rotatable bonds is 6. The Hall–Kier alpha value is -0.0400. The average molecular weight is 213 g/mol. The third-order valence-corrected chi connectivity index (χ3v) is 2.73. The molecule has 0 bridgehead atoms. The van der Waals surface area contributed by atoms with Crippen molar-refractivity contribution in [3.05, 3.63) is 0 Å². The van der Waals surface area contributed by atoms with Gasteiger partial charge >= 0.3 is 0 Å². The highest BCUT2D eigenvalue weighted by Gasteiger charge is 2.20. The van der Waals surface area contributed by atoms with Crippen LogP contribution in [0.1, 0.15) is 67.7 Å². The van der Waals surface area contributed by atoms with Crippen LogP contribution in [0, 0.1) is 11.3 Å². The Labute approximate surface area is 97.0 Å². The van der Waals surface area contributed by atoms with Crippen LogP contribution in [0.4, 0.5) is 0 Å². The maximum atomic E-state index is 3.60. The molecule has 0 aromatic carbocycles. The third-order valence-electron chi connectivity index (χ3n) is 2.73. The summed E-state index contributed by atoms with van der Waals surface area (Å²) in [5.74, 6) is 0.844. The fourth-order valence-electron chi connectivity index (χ4n) is 1.58. The van der Waals surface area contributed by atoms with E-state index in [0.717, 1.165) is 12.5 Å². The molecular formula is C14H31N. The van der Waals surface area contributed by atoms with Gasteiger partial charge in [-0.25, -0.2) is 0 Å². The van der Waals surface area contributed by atoms with Gasteiger partial charge in [0.05, 0.1) is 0 Å². The standard InChI is InChI=1S/C14H31N/c1-12(2)9-8-10-14(6,7)11-15-13(3,4)5/h12,15H,8-11H2,1-7H3. The fraction of sp³-hybridized carbons (Fsp3) is 1.00. The molecule has 1 nitrogen and oxygen atoms in total. The van der Waals surface area contributed by atoms with Gasteiger partial charge < -0.3 is 5.32 Å². The first-order valence-electron chi connectivity index (χ1n) is 6.37. The normalized spacial score (nSPS) is 13.6. The second kappa shape index (κ2) is 5.89. The predicted octanol–water partition coefficient (Wildman–Crippen LogP) is 4.23. The molecule has 0 atom stereocenters. The Bertz CT molecular complexity index is 163. The zero-order valence-electron chi connectivity index (χ0n) is 11.9. The van der Waals surface area contributed by atoms with Crippen LogP contribution >= 0.6 is 0 Å². The van der Waals surface area contributed by atoms with Gasteiger partial charge in [-0.1, -0.05) is 40.5 Å². The Kier molecular flexibility index (Phi) is 5.87. The largest absolute Gasteiger partial charge is 0.312 e. The first-order valence-corrected chi connectivity index (χ1v) is 6.37. The van der Waals surface area contributed by atoms with Crippen LogP contribution in [0.2, 0.25) is 0 Å². The summed E-state index contributed by atoms with van der Waals surface area (Å²) in [4.78, 5) is 0. The SMILES string of the molecule is CC(C)CCCC(C)(C)CNC(C)(C)C. The van der Waals surface area contributed by atoms with E-state index in [1.54, 1.807) is 0 Å². The molecule has 0 spiro atoms. The van der Waals surface area contributed by atoms with E-state index in [1.807, 2.05) is 0 Å².